The summed E-state index contributed by atoms with van der Waals surface area (Å²) < 4.78 is 0. The smallest absolute Gasteiger partial charge is 0.251 e. The molecule has 2 saturated carbocycles. The highest BCUT2D eigenvalue weighted by Gasteiger charge is 2.28. The minimum atomic E-state index is -0.127. The summed E-state index contributed by atoms with van der Waals surface area (Å²) in [5.74, 6) is 0.536. The van der Waals surface area contributed by atoms with E-state index in [1.807, 2.05) is 32.9 Å². The Kier molecular flexibility index (Phi) is 8.71. The molecular weight excluding hydrogens is 402 g/mol. The first-order chi connectivity index (χ1) is 15.3. The summed E-state index contributed by atoms with van der Waals surface area (Å²) in [6.07, 6.45) is 10.0. The van der Waals surface area contributed by atoms with E-state index in [9.17, 15) is 14.4 Å². The van der Waals surface area contributed by atoms with Gasteiger partial charge in [0, 0.05) is 35.7 Å². The molecular formula is C26H39N3O3. The van der Waals surface area contributed by atoms with E-state index in [2.05, 4.69) is 16.0 Å². The molecule has 0 heterocycles. The molecule has 2 aliphatic carbocycles. The van der Waals surface area contributed by atoms with Gasteiger partial charge in [-0.3, -0.25) is 14.4 Å². The van der Waals surface area contributed by atoms with Crippen LogP contribution in [0.3, 0.4) is 0 Å². The van der Waals surface area contributed by atoms with Crippen LogP contribution >= 0.6 is 0 Å². The van der Waals surface area contributed by atoms with Gasteiger partial charge in [-0.15, -0.1) is 0 Å². The van der Waals surface area contributed by atoms with Crippen LogP contribution in [0.2, 0.25) is 0 Å². The molecule has 0 aromatic heterocycles. The van der Waals surface area contributed by atoms with E-state index < -0.39 is 0 Å². The van der Waals surface area contributed by atoms with E-state index in [0.717, 1.165) is 31.2 Å². The number of carbonyl (C=O) groups is 3. The molecule has 0 atom stereocenters. The molecule has 3 N–H and O–H groups in total. The second kappa shape index (κ2) is 11.5. The molecule has 2 fully saturated rings. The van der Waals surface area contributed by atoms with Crippen molar-refractivity contribution in [3.63, 3.8) is 0 Å². The second-order valence-corrected chi connectivity index (χ2v) is 9.97. The average molecular weight is 442 g/mol. The van der Waals surface area contributed by atoms with Crippen molar-refractivity contribution < 1.29 is 14.4 Å². The van der Waals surface area contributed by atoms with Crippen LogP contribution in [0.1, 0.15) is 94.0 Å². The minimum Gasteiger partial charge on any atom is -0.353 e. The standard InChI is InChI=1S/C26H39N3O3/c1-17(2)27-26(32)23-16-22(12-9-18(23)3)29-25(31)20-10-13-21(14-11-20)28-24(30)15-19-7-5-4-6-8-19/h9,12,16-17,19-21H,4-8,10-11,13-15H2,1-3H3,(H,27,32)(H,28,30)(H,29,31). The van der Waals surface area contributed by atoms with E-state index in [0.29, 0.717) is 23.6 Å². The van der Waals surface area contributed by atoms with Crippen molar-refractivity contribution >= 4 is 23.4 Å². The van der Waals surface area contributed by atoms with Gasteiger partial charge >= 0.3 is 0 Å². The van der Waals surface area contributed by atoms with E-state index in [-0.39, 0.29) is 35.7 Å². The van der Waals surface area contributed by atoms with Gasteiger partial charge in [-0.05, 0) is 82.9 Å². The first-order valence-corrected chi connectivity index (χ1v) is 12.3. The van der Waals surface area contributed by atoms with Crippen LogP contribution in [0.15, 0.2) is 18.2 Å². The normalized spacial score (nSPS) is 21.8. The summed E-state index contributed by atoms with van der Waals surface area (Å²) in [5.41, 5.74) is 2.11. The van der Waals surface area contributed by atoms with Gasteiger partial charge in [0.05, 0.1) is 0 Å². The summed E-state index contributed by atoms with van der Waals surface area (Å²) >= 11 is 0. The molecule has 3 rings (SSSR count). The van der Waals surface area contributed by atoms with Gasteiger partial charge < -0.3 is 16.0 Å². The molecule has 1 aromatic rings. The van der Waals surface area contributed by atoms with Crippen LogP contribution in [0.25, 0.3) is 0 Å². The largest absolute Gasteiger partial charge is 0.353 e. The lowest BCUT2D eigenvalue weighted by Crippen LogP contribution is -2.40. The van der Waals surface area contributed by atoms with Crippen LogP contribution < -0.4 is 16.0 Å². The van der Waals surface area contributed by atoms with Gasteiger partial charge in [0.1, 0.15) is 0 Å². The zero-order chi connectivity index (χ0) is 23.1. The van der Waals surface area contributed by atoms with Gasteiger partial charge in [0.2, 0.25) is 11.8 Å². The molecule has 3 amide bonds. The van der Waals surface area contributed by atoms with Crippen LogP contribution in [-0.4, -0.2) is 29.8 Å². The Morgan fingerprint density at radius 1 is 0.969 bits per heavy atom. The monoisotopic (exact) mass is 441 g/mol. The van der Waals surface area contributed by atoms with E-state index in [1.165, 1.54) is 32.1 Å². The van der Waals surface area contributed by atoms with Crippen LogP contribution in [0.5, 0.6) is 0 Å². The highest BCUT2D eigenvalue weighted by atomic mass is 16.2. The summed E-state index contributed by atoms with van der Waals surface area (Å²) in [4.78, 5) is 37.6. The molecule has 0 saturated heterocycles. The minimum absolute atomic E-state index is 0.00365. The van der Waals surface area contributed by atoms with Crippen LogP contribution in [-0.2, 0) is 9.59 Å². The molecule has 32 heavy (non-hydrogen) atoms. The summed E-state index contributed by atoms with van der Waals surface area (Å²) in [5, 5.41) is 9.10. The highest BCUT2D eigenvalue weighted by molar-refractivity contribution is 5.98. The van der Waals surface area contributed by atoms with Gasteiger partial charge in [-0.1, -0.05) is 25.3 Å². The molecule has 6 nitrogen and oxygen atoms in total. The summed E-state index contributed by atoms with van der Waals surface area (Å²) in [6.45, 7) is 5.74. The zero-order valence-corrected chi connectivity index (χ0v) is 19.8. The lowest BCUT2D eigenvalue weighted by Gasteiger charge is -2.29. The summed E-state index contributed by atoms with van der Waals surface area (Å²) in [7, 11) is 0. The zero-order valence-electron chi connectivity index (χ0n) is 19.8. The third-order valence-electron chi connectivity index (χ3n) is 6.83. The highest BCUT2D eigenvalue weighted by Crippen LogP contribution is 2.28. The average Bonchev–Trinajstić information content (AvgIpc) is 2.75. The molecule has 1 aromatic carbocycles. The van der Waals surface area contributed by atoms with Crippen molar-refractivity contribution in [1.29, 1.82) is 0 Å². The molecule has 6 heteroatoms. The third-order valence-corrected chi connectivity index (χ3v) is 6.83. The Balaban J connectivity index is 1.46. The van der Waals surface area contributed by atoms with Crippen molar-refractivity contribution in [3.8, 4) is 0 Å². The second-order valence-electron chi connectivity index (χ2n) is 9.97. The Labute approximate surface area is 192 Å². The number of carbonyl (C=O) groups excluding carboxylic acids is 3. The number of hydrogen-bond acceptors (Lipinski definition) is 3. The van der Waals surface area contributed by atoms with E-state index >= 15 is 0 Å². The predicted octanol–water partition coefficient (Wildman–Crippen LogP) is 4.72. The topological polar surface area (TPSA) is 87.3 Å². The number of benzene rings is 1. The van der Waals surface area contributed by atoms with Crippen molar-refractivity contribution in [2.24, 2.45) is 11.8 Å². The fourth-order valence-corrected chi connectivity index (χ4v) is 4.97. The lowest BCUT2D eigenvalue weighted by molar-refractivity contribution is -0.123. The number of nitrogens with one attached hydrogen (secondary N) is 3. The maximum atomic E-state index is 12.8. The Bertz CT molecular complexity index is 807. The van der Waals surface area contributed by atoms with Crippen molar-refractivity contribution in [3.05, 3.63) is 29.3 Å². The molecule has 0 spiro atoms. The van der Waals surface area contributed by atoms with Gasteiger partial charge in [0.15, 0.2) is 0 Å². The maximum Gasteiger partial charge on any atom is 0.251 e. The van der Waals surface area contributed by atoms with Crippen molar-refractivity contribution in [1.82, 2.24) is 10.6 Å². The van der Waals surface area contributed by atoms with Crippen LogP contribution in [0.4, 0.5) is 5.69 Å². The molecule has 0 bridgehead atoms. The Hall–Kier alpha value is -2.37. The molecule has 2 aliphatic rings. The Morgan fingerprint density at radius 3 is 2.31 bits per heavy atom. The fourth-order valence-electron chi connectivity index (χ4n) is 4.97. The van der Waals surface area contributed by atoms with Crippen LogP contribution in [0, 0.1) is 18.8 Å². The number of hydrogen-bond donors (Lipinski definition) is 3. The fraction of sp³-hybridized carbons (Fsp3) is 0.654. The third kappa shape index (κ3) is 7.07. The molecule has 176 valence electrons. The SMILES string of the molecule is Cc1ccc(NC(=O)C2CCC(NC(=O)CC3CCCCC3)CC2)cc1C(=O)NC(C)C. The van der Waals surface area contributed by atoms with Gasteiger partial charge in [-0.2, -0.15) is 0 Å². The first-order valence-electron chi connectivity index (χ1n) is 12.3. The first kappa shape index (κ1) is 24.3. The van der Waals surface area contributed by atoms with Crippen molar-refractivity contribution in [2.45, 2.75) is 97.1 Å². The lowest BCUT2D eigenvalue weighted by atomic mass is 9.84. The maximum absolute atomic E-state index is 12.8. The number of aryl methyl sites for hydroxylation is 1. The Morgan fingerprint density at radius 2 is 1.66 bits per heavy atom. The number of rotatable bonds is 7. The molecule has 0 radical (unpaired) electrons. The van der Waals surface area contributed by atoms with E-state index in [4.69, 9.17) is 0 Å². The molecule has 0 unspecified atom stereocenters. The van der Waals surface area contributed by atoms with Gasteiger partial charge in [-0.25, -0.2) is 0 Å². The molecule has 0 aliphatic heterocycles. The van der Waals surface area contributed by atoms with E-state index in [1.54, 1.807) is 6.07 Å². The van der Waals surface area contributed by atoms with Gasteiger partial charge in [0.25, 0.3) is 5.91 Å². The number of anilines is 1. The van der Waals surface area contributed by atoms with Crippen molar-refractivity contribution in [2.75, 3.05) is 5.32 Å². The quantitative estimate of drug-likeness (QED) is 0.572. The predicted molar refractivity (Wildman–Crippen MR) is 127 cm³/mol. The number of amides is 3. The summed E-state index contributed by atoms with van der Waals surface area (Å²) in [6, 6.07) is 5.70.